The lowest BCUT2D eigenvalue weighted by molar-refractivity contribution is 0.999. The van der Waals surface area contributed by atoms with Crippen LogP contribution in [-0.2, 0) is 0 Å². The van der Waals surface area contributed by atoms with Crippen molar-refractivity contribution < 1.29 is 0 Å². The van der Waals surface area contributed by atoms with Crippen molar-refractivity contribution in [1.82, 2.24) is 14.5 Å². The molecular formula is C42H25N3S. The highest BCUT2D eigenvalue weighted by Crippen LogP contribution is 2.47. The smallest absolute Gasteiger partial charge is 0.235 e. The summed E-state index contributed by atoms with van der Waals surface area (Å²) in [5.74, 6) is 0.671. The first-order chi connectivity index (χ1) is 22.8. The second-order valence-corrected chi connectivity index (χ2v) is 12.8. The molecule has 0 spiro atoms. The van der Waals surface area contributed by atoms with E-state index in [9.17, 15) is 0 Å². The van der Waals surface area contributed by atoms with Gasteiger partial charge in [-0.05, 0) is 39.7 Å². The van der Waals surface area contributed by atoms with E-state index >= 15 is 0 Å². The maximum atomic E-state index is 5.42. The number of nitrogens with zero attached hydrogens (tertiary/aromatic N) is 3. The minimum Gasteiger partial charge on any atom is -0.276 e. The highest BCUT2D eigenvalue weighted by molar-refractivity contribution is 7.27. The summed E-state index contributed by atoms with van der Waals surface area (Å²) in [4.78, 5) is 10.8. The van der Waals surface area contributed by atoms with Gasteiger partial charge in [-0.15, -0.1) is 11.3 Å². The van der Waals surface area contributed by atoms with Crippen molar-refractivity contribution >= 4 is 74.9 Å². The molecule has 10 aromatic rings. The summed E-state index contributed by atoms with van der Waals surface area (Å²) >= 11 is 1.86. The van der Waals surface area contributed by atoms with Crippen LogP contribution >= 0.6 is 11.3 Å². The van der Waals surface area contributed by atoms with Gasteiger partial charge in [0, 0.05) is 37.4 Å². The average molecular weight is 604 g/mol. The van der Waals surface area contributed by atoms with Gasteiger partial charge in [0.1, 0.15) is 0 Å². The number of rotatable bonds is 3. The van der Waals surface area contributed by atoms with Crippen molar-refractivity contribution in [3.8, 4) is 28.5 Å². The summed E-state index contributed by atoms with van der Waals surface area (Å²) in [6.45, 7) is 0. The molecule has 4 heteroatoms. The van der Waals surface area contributed by atoms with Gasteiger partial charge in [0.15, 0.2) is 0 Å². The number of fused-ring (bicyclic) bond motifs is 11. The van der Waals surface area contributed by atoms with Gasteiger partial charge in [0.05, 0.1) is 27.1 Å². The number of hydrogen-bond acceptors (Lipinski definition) is 3. The summed E-state index contributed by atoms with van der Waals surface area (Å²) in [5.41, 5.74) is 6.21. The van der Waals surface area contributed by atoms with Gasteiger partial charge in [-0.2, -0.15) is 0 Å². The Morgan fingerprint density at radius 1 is 0.478 bits per heavy atom. The van der Waals surface area contributed by atoms with Gasteiger partial charge in [0.2, 0.25) is 5.95 Å². The van der Waals surface area contributed by atoms with Crippen molar-refractivity contribution in [2.45, 2.75) is 0 Å². The van der Waals surface area contributed by atoms with Gasteiger partial charge < -0.3 is 0 Å². The molecule has 0 amide bonds. The first-order valence-corrected chi connectivity index (χ1v) is 16.3. The molecule has 3 heterocycles. The predicted octanol–water partition coefficient (Wildman–Crippen LogP) is 11.6. The van der Waals surface area contributed by atoms with E-state index in [4.69, 9.17) is 9.97 Å². The lowest BCUT2D eigenvalue weighted by Gasteiger charge is -2.13. The van der Waals surface area contributed by atoms with E-state index in [2.05, 4.69) is 150 Å². The Bertz CT molecular complexity index is 2800. The molecule has 0 saturated heterocycles. The zero-order valence-electron chi connectivity index (χ0n) is 24.7. The second kappa shape index (κ2) is 9.83. The third-order valence-corrected chi connectivity index (χ3v) is 10.4. The third kappa shape index (κ3) is 3.65. The van der Waals surface area contributed by atoms with Crippen LogP contribution in [0.25, 0.3) is 92.0 Å². The first-order valence-electron chi connectivity index (χ1n) is 15.5. The van der Waals surface area contributed by atoms with Crippen LogP contribution in [0.4, 0.5) is 0 Å². The highest BCUT2D eigenvalue weighted by Gasteiger charge is 2.23. The molecule has 3 aromatic heterocycles. The van der Waals surface area contributed by atoms with Gasteiger partial charge in [-0.1, -0.05) is 133 Å². The molecule has 0 aliphatic heterocycles. The summed E-state index contributed by atoms with van der Waals surface area (Å²) in [7, 11) is 0. The van der Waals surface area contributed by atoms with Crippen LogP contribution in [0.15, 0.2) is 152 Å². The molecule has 0 N–H and O–H groups in total. The molecule has 0 bridgehead atoms. The molecule has 214 valence electrons. The van der Waals surface area contributed by atoms with Crippen LogP contribution in [0.1, 0.15) is 0 Å². The van der Waals surface area contributed by atoms with Crippen LogP contribution in [0, 0.1) is 0 Å². The molecular weight excluding hydrogens is 579 g/mol. The Hall–Kier alpha value is -5.84. The number of para-hydroxylation sites is 1. The fourth-order valence-corrected chi connectivity index (χ4v) is 8.47. The van der Waals surface area contributed by atoms with E-state index in [-0.39, 0.29) is 0 Å². The lowest BCUT2D eigenvalue weighted by Crippen LogP contribution is -2.04. The number of benzene rings is 7. The summed E-state index contributed by atoms with van der Waals surface area (Å²) in [5, 5.41) is 9.91. The van der Waals surface area contributed by atoms with E-state index in [1.54, 1.807) is 0 Å². The van der Waals surface area contributed by atoms with Crippen LogP contribution in [-0.4, -0.2) is 14.5 Å². The van der Waals surface area contributed by atoms with Crippen LogP contribution in [0.3, 0.4) is 0 Å². The SMILES string of the molecule is c1ccc(-c2cc(-c3cccc4ccccc34)nc(-n3c4ccccc4c4c5ccccc5c5c6ccccc6sc5c43)n2)cc1. The first kappa shape index (κ1) is 25.5. The normalized spacial score (nSPS) is 11.9. The average Bonchev–Trinajstić information content (AvgIpc) is 3.69. The van der Waals surface area contributed by atoms with Gasteiger partial charge >= 0.3 is 0 Å². The monoisotopic (exact) mass is 603 g/mol. The highest BCUT2D eigenvalue weighted by atomic mass is 32.1. The third-order valence-electron chi connectivity index (χ3n) is 9.20. The van der Waals surface area contributed by atoms with Crippen molar-refractivity contribution in [2.24, 2.45) is 0 Å². The lowest BCUT2D eigenvalue weighted by atomic mass is 9.99. The Balaban J connectivity index is 1.41. The van der Waals surface area contributed by atoms with Gasteiger partial charge in [-0.3, -0.25) is 4.57 Å². The molecule has 7 aromatic carbocycles. The summed E-state index contributed by atoms with van der Waals surface area (Å²) < 4.78 is 4.85. The molecule has 0 unspecified atom stereocenters. The van der Waals surface area contributed by atoms with E-state index in [0.717, 1.165) is 33.5 Å². The van der Waals surface area contributed by atoms with Crippen molar-refractivity contribution in [2.75, 3.05) is 0 Å². The predicted molar refractivity (Wildman–Crippen MR) is 195 cm³/mol. The fourth-order valence-electron chi connectivity index (χ4n) is 7.21. The molecule has 0 aliphatic carbocycles. The molecule has 10 rings (SSSR count). The summed E-state index contributed by atoms with van der Waals surface area (Å²) in [6, 6.07) is 53.9. The van der Waals surface area contributed by atoms with Crippen molar-refractivity contribution in [1.29, 1.82) is 0 Å². The fraction of sp³-hybridized carbons (Fsp3) is 0. The maximum Gasteiger partial charge on any atom is 0.235 e. The zero-order valence-corrected chi connectivity index (χ0v) is 25.5. The largest absolute Gasteiger partial charge is 0.276 e. The topological polar surface area (TPSA) is 30.7 Å². The minimum atomic E-state index is 0.671. The number of thiophene rings is 1. The minimum absolute atomic E-state index is 0.671. The molecule has 0 saturated carbocycles. The van der Waals surface area contributed by atoms with Gasteiger partial charge in [0.25, 0.3) is 0 Å². The molecule has 3 nitrogen and oxygen atoms in total. The Morgan fingerprint density at radius 3 is 1.96 bits per heavy atom. The van der Waals surface area contributed by atoms with E-state index in [1.807, 2.05) is 17.4 Å². The van der Waals surface area contributed by atoms with Crippen LogP contribution < -0.4 is 0 Å². The standard InChI is InChI=1S/C42H25N3S/c1-2-14-27(15-3-1)34-25-35(29-22-12-16-26-13-4-5-17-28(26)29)44-42(43-34)45-36-23-10-8-20-32(36)38-30-18-6-7-19-31(30)39-33-21-9-11-24-37(33)46-41(39)40(38)45/h1-25H. The second-order valence-electron chi connectivity index (χ2n) is 11.8. The molecule has 0 aliphatic rings. The van der Waals surface area contributed by atoms with Crippen molar-refractivity contribution in [3.05, 3.63) is 152 Å². The summed E-state index contributed by atoms with van der Waals surface area (Å²) in [6.07, 6.45) is 0. The molecule has 0 atom stereocenters. The Morgan fingerprint density at radius 2 is 1.11 bits per heavy atom. The zero-order chi connectivity index (χ0) is 30.2. The number of hydrogen-bond donors (Lipinski definition) is 0. The molecule has 0 fully saturated rings. The number of aromatic nitrogens is 3. The Labute approximate surface area is 268 Å². The maximum absolute atomic E-state index is 5.42. The molecule has 46 heavy (non-hydrogen) atoms. The van der Waals surface area contributed by atoms with E-state index in [0.29, 0.717) is 5.95 Å². The molecule has 0 radical (unpaired) electrons. The van der Waals surface area contributed by atoms with E-state index < -0.39 is 0 Å². The van der Waals surface area contributed by atoms with Gasteiger partial charge in [-0.25, -0.2) is 9.97 Å². The van der Waals surface area contributed by atoms with E-state index in [1.165, 1.54) is 52.5 Å². The Kier molecular flexibility index (Phi) is 5.45. The van der Waals surface area contributed by atoms with Crippen molar-refractivity contribution in [3.63, 3.8) is 0 Å². The van der Waals surface area contributed by atoms with Crippen LogP contribution in [0.5, 0.6) is 0 Å². The quantitative estimate of drug-likeness (QED) is 0.201. The van der Waals surface area contributed by atoms with Crippen LogP contribution in [0.2, 0.25) is 0 Å².